The summed E-state index contributed by atoms with van der Waals surface area (Å²) >= 11 is 23.7. The first-order valence-electron chi connectivity index (χ1n) is 8.97. The van der Waals surface area contributed by atoms with Crippen LogP contribution in [-0.4, -0.2) is 38.0 Å². The molecule has 0 spiro atoms. The molecule has 0 unspecified atom stereocenters. The van der Waals surface area contributed by atoms with E-state index < -0.39 is 33.9 Å². The van der Waals surface area contributed by atoms with Gasteiger partial charge in [0.15, 0.2) is 9.84 Å². The number of hydrogen-bond donors (Lipinski definition) is 1. The number of nitrogens with one attached hydrogen (secondary N) is 1. The summed E-state index contributed by atoms with van der Waals surface area (Å²) in [5.41, 5.74) is 0.209. The molecule has 0 radical (unpaired) electrons. The van der Waals surface area contributed by atoms with E-state index in [9.17, 15) is 26.4 Å². The molecule has 32 heavy (non-hydrogen) atoms. The van der Waals surface area contributed by atoms with Crippen LogP contribution in [0.2, 0.25) is 20.1 Å². The molecule has 2 aromatic carbocycles. The van der Waals surface area contributed by atoms with Crippen LogP contribution in [0.25, 0.3) is 6.08 Å². The number of benzene rings is 2. The minimum atomic E-state index is -4.64. The van der Waals surface area contributed by atoms with Crippen molar-refractivity contribution in [1.29, 1.82) is 0 Å². The number of allylic oxidation sites excluding steroid dienone is 1. The number of carbonyl (C=O) groups is 1. The minimum Gasteiger partial charge on any atom is -0.347 e. The molecular weight excluding hydrogens is 533 g/mol. The zero-order valence-electron chi connectivity index (χ0n) is 15.9. The number of alkyl halides is 3. The van der Waals surface area contributed by atoms with Gasteiger partial charge in [-0.1, -0.05) is 64.6 Å². The Balaban J connectivity index is 1.81. The molecule has 0 aromatic heterocycles. The van der Waals surface area contributed by atoms with E-state index in [-0.39, 0.29) is 42.7 Å². The van der Waals surface area contributed by atoms with E-state index in [0.29, 0.717) is 5.56 Å². The number of hydrogen-bond acceptors (Lipinski definition) is 3. The smallest absolute Gasteiger partial charge is 0.347 e. The maximum absolute atomic E-state index is 13.6. The SMILES string of the molecule is O=C(NC1CS(=O)(=O)C1)c1ccc(/C=C/[C@@H](c2cc(Cl)c(Cl)c(Cl)c2)C(F)(F)F)cc1Cl. The van der Waals surface area contributed by atoms with Crippen LogP contribution in [-0.2, 0) is 9.84 Å². The monoisotopic (exact) mass is 545 g/mol. The molecule has 172 valence electrons. The second-order valence-corrected chi connectivity index (χ2v) is 10.9. The quantitative estimate of drug-likeness (QED) is 0.455. The number of amides is 1. The van der Waals surface area contributed by atoms with E-state index in [1.807, 2.05) is 0 Å². The van der Waals surface area contributed by atoms with Gasteiger partial charge >= 0.3 is 6.18 Å². The number of rotatable bonds is 5. The molecule has 1 atom stereocenters. The third-order valence-electron chi connectivity index (χ3n) is 4.68. The lowest BCUT2D eigenvalue weighted by Gasteiger charge is -2.26. The summed E-state index contributed by atoms with van der Waals surface area (Å²) in [7, 11) is -3.11. The van der Waals surface area contributed by atoms with Crippen molar-refractivity contribution >= 4 is 68.2 Å². The Labute approximate surface area is 202 Å². The number of sulfone groups is 1. The van der Waals surface area contributed by atoms with Gasteiger partial charge in [-0.05, 0) is 35.4 Å². The van der Waals surface area contributed by atoms with Crippen molar-refractivity contribution in [2.45, 2.75) is 18.1 Å². The first kappa shape index (κ1) is 25.2. The van der Waals surface area contributed by atoms with Crippen molar-refractivity contribution in [2.75, 3.05) is 11.5 Å². The van der Waals surface area contributed by atoms with Gasteiger partial charge < -0.3 is 5.32 Å². The summed E-state index contributed by atoms with van der Waals surface area (Å²) < 4.78 is 63.3. The predicted octanol–water partition coefficient (Wildman–Crippen LogP) is 6.19. The molecule has 1 aliphatic heterocycles. The first-order valence-corrected chi connectivity index (χ1v) is 12.3. The van der Waals surface area contributed by atoms with Gasteiger partial charge in [0.05, 0.1) is 49.1 Å². The van der Waals surface area contributed by atoms with Crippen molar-refractivity contribution in [1.82, 2.24) is 5.32 Å². The second-order valence-electron chi connectivity index (χ2n) is 7.16. The third kappa shape index (κ3) is 5.91. The van der Waals surface area contributed by atoms with Gasteiger partial charge in [-0.3, -0.25) is 4.79 Å². The van der Waals surface area contributed by atoms with Gasteiger partial charge in [0.2, 0.25) is 0 Å². The maximum Gasteiger partial charge on any atom is 0.399 e. The predicted molar refractivity (Wildman–Crippen MR) is 121 cm³/mol. The van der Waals surface area contributed by atoms with Crippen molar-refractivity contribution in [3.8, 4) is 0 Å². The zero-order chi connectivity index (χ0) is 23.8. The van der Waals surface area contributed by atoms with Crippen LogP contribution in [0.1, 0.15) is 27.4 Å². The number of halogens is 7. The molecule has 1 fully saturated rings. The summed E-state index contributed by atoms with van der Waals surface area (Å²) in [6.07, 6.45) is -2.51. The molecule has 4 nitrogen and oxygen atoms in total. The fourth-order valence-corrected chi connectivity index (χ4v) is 5.28. The Morgan fingerprint density at radius 1 is 1.03 bits per heavy atom. The fraction of sp³-hybridized carbons (Fsp3) is 0.250. The lowest BCUT2D eigenvalue weighted by molar-refractivity contribution is -0.139. The molecule has 1 aliphatic rings. The maximum atomic E-state index is 13.6. The minimum absolute atomic E-state index is 0.00738. The van der Waals surface area contributed by atoms with Crippen LogP contribution in [0.5, 0.6) is 0 Å². The van der Waals surface area contributed by atoms with E-state index in [0.717, 1.165) is 18.2 Å². The van der Waals surface area contributed by atoms with Crippen LogP contribution in [0.3, 0.4) is 0 Å². The van der Waals surface area contributed by atoms with Crippen LogP contribution in [0.15, 0.2) is 36.4 Å². The third-order valence-corrected chi connectivity index (χ3v) is 8.01. The molecular formula is C20H14Cl4F3NO3S. The highest BCUT2D eigenvalue weighted by Gasteiger charge is 2.39. The Hall–Kier alpha value is -1.45. The van der Waals surface area contributed by atoms with E-state index >= 15 is 0 Å². The van der Waals surface area contributed by atoms with Gasteiger partial charge in [-0.25, -0.2) is 8.42 Å². The largest absolute Gasteiger partial charge is 0.399 e. The first-order chi connectivity index (χ1) is 14.8. The summed E-state index contributed by atoms with van der Waals surface area (Å²) in [4.78, 5) is 12.3. The molecule has 3 rings (SSSR count). The highest BCUT2D eigenvalue weighted by molar-refractivity contribution is 7.92. The molecule has 1 heterocycles. The Kier molecular flexibility index (Phi) is 7.42. The molecule has 2 aromatic rings. The Bertz CT molecular complexity index is 1160. The van der Waals surface area contributed by atoms with Crippen molar-refractivity contribution in [2.24, 2.45) is 0 Å². The standard InChI is InChI=1S/C20H14Cl4F3NO3S/c21-15-5-10(1-3-13(15)19(29)28-12-8-32(30,31)9-12)2-4-14(20(25,26)27)11-6-16(22)18(24)17(23)7-11/h1-7,12,14H,8-9H2,(H,28,29)/b4-2+/t14-/m0/s1. The van der Waals surface area contributed by atoms with E-state index in [2.05, 4.69) is 5.32 Å². The van der Waals surface area contributed by atoms with Gasteiger partial charge in [0.1, 0.15) is 0 Å². The van der Waals surface area contributed by atoms with E-state index in [1.54, 1.807) is 0 Å². The van der Waals surface area contributed by atoms with Crippen LogP contribution in [0.4, 0.5) is 13.2 Å². The lowest BCUT2D eigenvalue weighted by Crippen LogP contribution is -2.52. The molecule has 0 bridgehead atoms. The summed E-state index contributed by atoms with van der Waals surface area (Å²) in [5, 5.41) is 2.31. The highest BCUT2D eigenvalue weighted by Crippen LogP contribution is 2.41. The van der Waals surface area contributed by atoms with Crippen LogP contribution in [0, 0.1) is 0 Å². The van der Waals surface area contributed by atoms with Crippen molar-refractivity contribution in [3.63, 3.8) is 0 Å². The van der Waals surface area contributed by atoms with E-state index in [4.69, 9.17) is 46.4 Å². The van der Waals surface area contributed by atoms with Crippen molar-refractivity contribution in [3.05, 3.63) is 73.2 Å². The summed E-state index contributed by atoms with van der Waals surface area (Å²) in [5.74, 6) is -2.87. The van der Waals surface area contributed by atoms with Gasteiger partial charge in [0, 0.05) is 0 Å². The number of carbonyl (C=O) groups excluding carboxylic acids is 1. The summed E-state index contributed by atoms with van der Waals surface area (Å²) in [6.45, 7) is 0. The molecule has 1 N–H and O–H groups in total. The molecule has 1 saturated heterocycles. The average Bonchev–Trinajstić information content (AvgIpc) is 2.63. The van der Waals surface area contributed by atoms with Gasteiger partial charge in [-0.2, -0.15) is 13.2 Å². The highest BCUT2D eigenvalue weighted by atomic mass is 35.5. The topological polar surface area (TPSA) is 63.2 Å². The zero-order valence-corrected chi connectivity index (χ0v) is 19.7. The Morgan fingerprint density at radius 3 is 2.12 bits per heavy atom. The van der Waals surface area contributed by atoms with Crippen LogP contribution >= 0.6 is 46.4 Å². The lowest BCUT2D eigenvalue weighted by atomic mass is 9.97. The average molecular weight is 547 g/mol. The molecule has 1 amide bonds. The Morgan fingerprint density at radius 2 is 1.62 bits per heavy atom. The summed E-state index contributed by atoms with van der Waals surface area (Å²) in [6, 6.07) is 5.81. The molecule has 0 saturated carbocycles. The normalized spacial score (nSPS) is 17.2. The second kappa shape index (κ2) is 9.43. The fourth-order valence-electron chi connectivity index (χ4n) is 3.10. The molecule has 12 heteroatoms. The van der Waals surface area contributed by atoms with Gasteiger partial charge in [0.25, 0.3) is 5.91 Å². The van der Waals surface area contributed by atoms with Crippen molar-refractivity contribution < 1.29 is 26.4 Å². The van der Waals surface area contributed by atoms with Crippen LogP contribution < -0.4 is 5.32 Å². The van der Waals surface area contributed by atoms with Gasteiger partial charge in [-0.15, -0.1) is 0 Å². The molecule has 0 aliphatic carbocycles. The van der Waals surface area contributed by atoms with E-state index in [1.165, 1.54) is 24.3 Å².